The van der Waals surface area contributed by atoms with Crippen LogP contribution in [0, 0.1) is 5.92 Å². The second-order valence-electron chi connectivity index (χ2n) is 6.83. The third kappa shape index (κ3) is 3.87. The average Bonchev–Trinajstić information content (AvgIpc) is 2.44. The number of ketones is 1. The predicted molar refractivity (Wildman–Crippen MR) is 86.0 cm³/mol. The lowest BCUT2D eigenvalue weighted by Crippen LogP contribution is -2.46. The summed E-state index contributed by atoms with van der Waals surface area (Å²) in [4.78, 5) is 24.7. The molecule has 0 bridgehead atoms. The molecule has 4 heteroatoms. The van der Waals surface area contributed by atoms with Gasteiger partial charge in [-0.1, -0.05) is 31.2 Å². The van der Waals surface area contributed by atoms with E-state index in [1.54, 1.807) is 0 Å². The maximum Gasteiger partial charge on any atom is 0.407 e. The van der Waals surface area contributed by atoms with Crippen LogP contribution in [0.1, 0.15) is 56.5 Å². The molecule has 2 atom stereocenters. The number of rotatable bonds is 3. The van der Waals surface area contributed by atoms with Crippen molar-refractivity contribution in [1.29, 1.82) is 0 Å². The summed E-state index contributed by atoms with van der Waals surface area (Å²) in [5, 5.41) is 2.87. The number of amides is 1. The molecule has 0 heterocycles. The van der Waals surface area contributed by atoms with E-state index in [0.29, 0.717) is 6.42 Å². The van der Waals surface area contributed by atoms with Gasteiger partial charge in [-0.15, -0.1) is 0 Å². The van der Waals surface area contributed by atoms with E-state index in [1.165, 1.54) is 0 Å². The molecule has 1 aromatic carbocycles. The van der Waals surface area contributed by atoms with Crippen LogP contribution in [0.15, 0.2) is 24.3 Å². The van der Waals surface area contributed by atoms with Gasteiger partial charge in [0, 0.05) is 17.5 Å². The Bertz CT molecular complexity index is 560. The minimum atomic E-state index is -0.536. The zero-order valence-electron chi connectivity index (χ0n) is 13.8. The molecule has 1 amide bonds. The quantitative estimate of drug-likeness (QED) is 0.925. The van der Waals surface area contributed by atoms with E-state index in [-0.39, 0.29) is 17.7 Å². The Morgan fingerprint density at radius 1 is 1.36 bits per heavy atom. The van der Waals surface area contributed by atoms with Crippen LogP contribution in [-0.4, -0.2) is 23.5 Å². The smallest absolute Gasteiger partial charge is 0.407 e. The molecule has 4 nitrogen and oxygen atoms in total. The Morgan fingerprint density at radius 2 is 2.05 bits per heavy atom. The Morgan fingerprint density at radius 3 is 2.68 bits per heavy atom. The van der Waals surface area contributed by atoms with Gasteiger partial charge in [-0.05, 0) is 45.6 Å². The van der Waals surface area contributed by atoms with Crippen molar-refractivity contribution in [2.24, 2.45) is 5.92 Å². The predicted octanol–water partition coefficient (Wildman–Crippen LogP) is 3.74. The summed E-state index contributed by atoms with van der Waals surface area (Å²) in [6, 6.07) is 7.55. The highest BCUT2D eigenvalue weighted by Gasteiger charge is 2.34. The summed E-state index contributed by atoms with van der Waals surface area (Å²) >= 11 is 0. The summed E-state index contributed by atoms with van der Waals surface area (Å²) in [7, 11) is 0. The lowest BCUT2D eigenvalue weighted by atomic mass is 9.78. The fourth-order valence-electron chi connectivity index (χ4n) is 2.95. The largest absolute Gasteiger partial charge is 0.444 e. The van der Waals surface area contributed by atoms with Gasteiger partial charge in [-0.3, -0.25) is 4.79 Å². The molecule has 120 valence electrons. The number of nitrogens with one attached hydrogen (secondary N) is 1. The molecular formula is C18H25NO3. The standard InChI is InChI=1S/C18H25NO3/c1-5-15(19-17(21)22-18(2,3)4)14-11-10-12-8-6-7-9-13(12)16(14)20/h6-9,14-15H,5,10-11H2,1-4H3,(H,19,21). The van der Waals surface area contributed by atoms with E-state index >= 15 is 0 Å². The van der Waals surface area contributed by atoms with Gasteiger partial charge in [0.05, 0.1) is 0 Å². The van der Waals surface area contributed by atoms with Gasteiger partial charge in [0.25, 0.3) is 0 Å². The van der Waals surface area contributed by atoms with Crippen LogP contribution in [0.2, 0.25) is 0 Å². The molecule has 22 heavy (non-hydrogen) atoms. The van der Waals surface area contributed by atoms with Crippen molar-refractivity contribution in [3.8, 4) is 0 Å². The lowest BCUT2D eigenvalue weighted by molar-refractivity contribution is 0.0478. The normalized spacial score (nSPS) is 19.3. The molecule has 0 spiro atoms. The van der Waals surface area contributed by atoms with Crippen molar-refractivity contribution in [3.63, 3.8) is 0 Å². The van der Waals surface area contributed by atoms with Crippen molar-refractivity contribution in [2.45, 2.75) is 58.6 Å². The first-order chi connectivity index (χ1) is 10.3. The van der Waals surface area contributed by atoms with Gasteiger partial charge in [0.2, 0.25) is 0 Å². The average molecular weight is 303 g/mol. The van der Waals surface area contributed by atoms with E-state index in [9.17, 15) is 9.59 Å². The second-order valence-corrected chi connectivity index (χ2v) is 6.83. The second kappa shape index (κ2) is 6.51. The first-order valence-corrected chi connectivity index (χ1v) is 7.93. The Balaban J connectivity index is 2.09. The number of hydrogen-bond acceptors (Lipinski definition) is 3. The Kier molecular flexibility index (Phi) is 4.89. The van der Waals surface area contributed by atoms with Crippen molar-refractivity contribution < 1.29 is 14.3 Å². The monoisotopic (exact) mass is 303 g/mol. The summed E-state index contributed by atoms with van der Waals surface area (Å²) in [6.07, 6.45) is 1.90. The first-order valence-electron chi connectivity index (χ1n) is 7.93. The van der Waals surface area contributed by atoms with Crippen molar-refractivity contribution in [1.82, 2.24) is 5.32 Å². The number of benzene rings is 1. The van der Waals surface area contributed by atoms with Gasteiger partial charge in [0.15, 0.2) is 5.78 Å². The van der Waals surface area contributed by atoms with Crippen LogP contribution < -0.4 is 5.32 Å². The van der Waals surface area contributed by atoms with Gasteiger partial charge in [-0.25, -0.2) is 4.79 Å². The van der Waals surface area contributed by atoms with E-state index < -0.39 is 11.7 Å². The number of ether oxygens (including phenoxy) is 1. The Hall–Kier alpha value is -1.84. The SMILES string of the molecule is CCC(NC(=O)OC(C)(C)C)C1CCc2ccccc2C1=O. The minimum absolute atomic E-state index is 0.129. The molecule has 0 aromatic heterocycles. The first kappa shape index (κ1) is 16.5. The maximum absolute atomic E-state index is 12.7. The van der Waals surface area contributed by atoms with Gasteiger partial charge >= 0.3 is 6.09 Å². The van der Waals surface area contributed by atoms with Gasteiger partial charge < -0.3 is 10.1 Å². The van der Waals surface area contributed by atoms with Crippen LogP contribution in [0.4, 0.5) is 4.79 Å². The Labute approximate surface area is 132 Å². The topological polar surface area (TPSA) is 55.4 Å². The molecule has 0 saturated carbocycles. The number of Topliss-reactive ketones (excluding diaryl/α,β-unsaturated/α-hetero) is 1. The molecule has 0 radical (unpaired) electrons. The summed E-state index contributed by atoms with van der Waals surface area (Å²) in [6.45, 7) is 7.47. The molecule has 0 aliphatic heterocycles. The zero-order valence-corrected chi connectivity index (χ0v) is 13.8. The molecule has 0 saturated heterocycles. The lowest BCUT2D eigenvalue weighted by Gasteiger charge is -2.31. The highest BCUT2D eigenvalue weighted by molar-refractivity contribution is 6.00. The fourth-order valence-corrected chi connectivity index (χ4v) is 2.95. The highest BCUT2D eigenvalue weighted by atomic mass is 16.6. The maximum atomic E-state index is 12.7. The van der Waals surface area contributed by atoms with Crippen LogP contribution in [0.3, 0.4) is 0 Å². The van der Waals surface area contributed by atoms with E-state index in [2.05, 4.69) is 5.32 Å². The number of aryl methyl sites for hydroxylation is 1. The van der Waals surface area contributed by atoms with Crippen LogP contribution >= 0.6 is 0 Å². The molecular weight excluding hydrogens is 278 g/mol. The molecule has 0 fully saturated rings. The molecule has 1 aromatic rings. The summed E-state index contributed by atoms with van der Waals surface area (Å²) < 4.78 is 5.30. The van der Waals surface area contributed by atoms with Gasteiger partial charge in [0.1, 0.15) is 5.60 Å². The van der Waals surface area contributed by atoms with Crippen LogP contribution in [0.5, 0.6) is 0 Å². The van der Waals surface area contributed by atoms with Gasteiger partial charge in [-0.2, -0.15) is 0 Å². The number of hydrogen-bond donors (Lipinski definition) is 1. The molecule has 2 rings (SSSR count). The van der Waals surface area contributed by atoms with E-state index in [1.807, 2.05) is 52.0 Å². The van der Waals surface area contributed by atoms with Crippen molar-refractivity contribution in [2.75, 3.05) is 0 Å². The summed E-state index contributed by atoms with van der Waals surface area (Å²) in [5.41, 5.74) is 1.37. The minimum Gasteiger partial charge on any atom is -0.444 e. The van der Waals surface area contributed by atoms with E-state index in [0.717, 1.165) is 24.0 Å². The van der Waals surface area contributed by atoms with Crippen LogP contribution in [0.25, 0.3) is 0 Å². The zero-order chi connectivity index (χ0) is 16.3. The van der Waals surface area contributed by atoms with Crippen molar-refractivity contribution in [3.05, 3.63) is 35.4 Å². The molecule has 1 aliphatic rings. The summed E-state index contributed by atoms with van der Waals surface area (Å²) in [5.74, 6) is -0.0443. The number of carbonyl (C=O) groups is 2. The highest BCUT2D eigenvalue weighted by Crippen LogP contribution is 2.28. The number of carbonyl (C=O) groups excluding carboxylic acids is 2. The fraction of sp³-hybridized carbons (Fsp3) is 0.556. The third-order valence-electron chi connectivity index (χ3n) is 3.97. The molecule has 1 aliphatic carbocycles. The molecule has 2 unspecified atom stereocenters. The van der Waals surface area contributed by atoms with Crippen LogP contribution in [-0.2, 0) is 11.2 Å². The number of fused-ring (bicyclic) bond motifs is 1. The van der Waals surface area contributed by atoms with E-state index in [4.69, 9.17) is 4.74 Å². The molecule has 1 N–H and O–H groups in total. The van der Waals surface area contributed by atoms with Crippen molar-refractivity contribution >= 4 is 11.9 Å². The third-order valence-corrected chi connectivity index (χ3v) is 3.97. The number of alkyl carbamates (subject to hydrolysis) is 1.